The first-order chi connectivity index (χ1) is 13.9. The molecular weight excluding hydrogens is 420 g/mol. The van der Waals surface area contributed by atoms with Crippen LogP contribution in [-0.2, 0) is 4.79 Å². The zero-order chi connectivity index (χ0) is 21.0. The number of ether oxygens (including phenoxy) is 1. The number of halogens is 1. The smallest absolute Gasteiger partial charge is 0.271 e. The molecule has 3 N–H and O–H groups in total. The molecule has 0 saturated heterocycles. The molecule has 0 fully saturated rings. The third kappa shape index (κ3) is 4.76. The van der Waals surface area contributed by atoms with Gasteiger partial charge in [0.25, 0.3) is 5.69 Å². The fourth-order valence-electron chi connectivity index (χ4n) is 2.39. The van der Waals surface area contributed by atoms with E-state index in [1.54, 1.807) is 24.3 Å². The molecule has 1 aromatic heterocycles. The van der Waals surface area contributed by atoms with Crippen molar-refractivity contribution in [1.29, 1.82) is 0 Å². The van der Waals surface area contributed by atoms with Crippen molar-refractivity contribution in [3.63, 3.8) is 0 Å². The summed E-state index contributed by atoms with van der Waals surface area (Å²) in [7, 11) is 1.40. The Kier molecular flexibility index (Phi) is 6.20. The number of nitrogens with two attached hydrogens (primary N) is 1. The highest BCUT2D eigenvalue weighted by molar-refractivity contribution is 7.99. The number of rotatable bonds is 7. The number of benzene rings is 2. The Labute approximate surface area is 174 Å². The van der Waals surface area contributed by atoms with Crippen LogP contribution in [0.4, 0.5) is 11.4 Å². The normalized spacial score (nSPS) is 10.6. The summed E-state index contributed by atoms with van der Waals surface area (Å²) in [5.74, 6) is 6.30. The Morgan fingerprint density at radius 3 is 2.69 bits per heavy atom. The van der Waals surface area contributed by atoms with Crippen LogP contribution >= 0.6 is 23.4 Å². The van der Waals surface area contributed by atoms with Gasteiger partial charge in [-0.3, -0.25) is 14.9 Å². The first-order valence-electron chi connectivity index (χ1n) is 8.10. The molecule has 1 amide bonds. The number of nitrogen functional groups attached to an aromatic ring is 1. The van der Waals surface area contributed by atoms with Gasteiger partial charge in [-0.05, 0) is 30.3 Å². The van der Waals surface area contributed by atoms with Crippen LogP contribution < -0.4 is 15.9 Å². The van der Waals surface area contributed by atoms with Crippen LogP contribution in [0.25, 0.3) is 11.4 Å². The van der Waals surface area contributed by atoms with Crippen molar-refractivity contribution < 1.29 is 14.5 Å². The summed E-state index contributed by atoms with van der Waals surface area (Å²) in [6, 6.07) is 10.9. The largest absolute Gasteiger partial charge is 0.495 e. The maximum absolute atomic E-state index is 12.3. The lowest BCUT2D eigenvalue weighted by Gasteiger charge is -2.09. The number of carbonyl (C=O) groups is 1. The van der Waals surface area contributed by atoms with Gasteiger partial charge in [0.1, 0.15) is 5.75 Å². The zero-order valence-electron chi connectivity index (χ0n) is 15.0. The van der Waals surface area contributed by atoms with E-state index in [9.17, 15) is 14.9 Å². The van der Waals surface area contributed by atoms with Crippen LogP contribution in [-0.4, -0.2) is 38.6 Å². The van der Waals surface area contributed by atoms with Crippen molar-refractivity contribution in [3.8, 4) is 17.1 Å². The molecule has 10 nitrogen and oxygen atoms in total. The van der Waals surface area contributed by atoms with Gasteiger partial charge in [-0.15, -0.1) is 10.2 Å². The van der Waals surface area contributed by atoms with Gasteiger partial charge < -0.3 is 15.9 Å². The van der Waals surface area contributed by atoms with Crippen LogP contribution in [0.3, 0.4) is 0 Å². The average molecular weight is 435 g/mol. The van der Waals surface area contributed by atoms with E-state index in [0.717, 1.165) is 17.3 Å². The second-order valence-electron chi connectivity index (χ2n) is 5.66. The minimum atomic E-state index is -0.557. The van der Waals surface area contributed by atoms with Gasteiger partial charge in [-0.1, -0.05) is 23.4 Å². The molecule has 0 aliphatic rings. The second kappa shape index (κ2) is 8.80. The molecular formula is C17H15ClN6O4S. The summed E-state index contributed by atoms with van der Waals surface area (Å²) in [6.07, 6.45) is 0. The Hall–Kier alpha value is -3.31. The molecule has 2 aromatic carbocycles. The molecule has 3 aromatic rings. The highest BCUT2D eigenvalue weighted by Crippen LogP contribution is 2.29. The number of anilines is 1. The van der Waals surface area contributed by atoms with Crippen molar-refractivity contribution in [2.24, 2.45) is 0 Å². The number of carbonyl (C=O) groups excluding carboxylic acids is 1. The van der Waals surface area contributed by atoms with E-state index < -0.39 is 10.8 Å². The van der Waals surface area contributed by atoms with Crippen LogP contribution in [0.15, 0.2) is 47.6 Å². The summed E-state index contributed by atoms with van der Waals surface area (Å²) < 4.78 is 6.40. The summed E-state index contributed by atoms with van der Waals surface area (Å²) in [5.41, 5.74) is 0.758. The number of non-ortho nitro benzene ring substituents is 1. The molecule has 0 aliphatic carbocycles. The number of hydrogen-bond acceptors (Lipinski definition) is 8. The molecule has 12 heteroatoms. The first-order valence-corrected chi connectivity index (χ1v) is 9.47. The van der Waals surface area contributed by atoms with Crippen LogP contribution in [0.5, 0.6) is 5.75 Å². The highest BCUT2D eigenvalue weighted by atomic mass is 35.5. The number of aromatic nitrogens is 3. The fraction of sp³-hybridized carbons (Fsp3) is 0.118. The van der Waals surface area contributed by atoms with E-state index in [0.29, 0.717) is 21.8 Å². The quantitative estimate of drug-likeness (QED) is 0.250. The molecule has 1 heterocycles. The van der Waals surface area contributed by atoms with Gasteiger partial charge in [0.05, 0.1) is 23.5 Å². The SMILES string of the molecule is COc1ccc([N+](=O)[O-])cc1NC(=O)CSc1nnc(-c2ccc(Cl)cc2)n1N. The van der Waals surface area contributed by atoms with Gasteiger partial charge >= 0.3 is 0 Å². The number of methoxy groups -OCH3 is 1. The van der Waals surface area contributed by atoms with Crippen molar-refractivity contribution in [3.05, 3.63) is 57.6 Å². The van der Waals surface area contributed by atoms with E-state index in [1.807, 2.05) is 0 Å². The van der Waals surface area contributed by atoms with Gasteiger partial charge in [0.15, 0.2) is 5.82 Å². The fourth-order valence-corrected chi connectivity index (χ4v) is 3.18. The van der Waals surface area contributed by atoms with Crippen LogP contribution in [0.1, 0.15) is 0 Å². The molecule has 0 radical (unpaired) electrons. The van der Waals surface area contributed by atoms with E-state index in [1.165, 1.54) is 30.0 Å². The van der Waals surface area contributed by atoms with Crippen LogP contribution in [0, 0.1) is 10.1 Å². The van der Waals surface area contributed by atoms with E-state index in [-0.39, 0.29) is 17.1 Å². The van der Waals surface area contributed by atoms with Gasteiger partial charge in [0.2, 0.25) is 11.1 Å². The standard InChI is InChI=1S/C17H15ClN6O4S/c1-28-14-7-6-12(24(26)27)8-13(14)20-15(25)9-29-17-22-21-16(23(17)19)10-2-4-11(18)5-3-10/h2-8H,9,19H2,1H3,(H,20,25). The molecule has 0 atom stereocenters. The number of hydrogen-bond donors (Lipinski definition) is 2. The molecule has 0 saturated carbocycles. The van der Waals surface area contributed by atoms with Gasteiger partial charge in [-0.2, -0.15) is 0 Å². The third-order valence-electron chi connectivity index (χ3n) is 3.77. The average Bonchev–Trinajstić information content (AvgIpc) is 3.07. The number of nitrogens with zero attached hydrogens (tertiary/aromatic N) is 4. The van der Waals surface area contributed by atoms with Crippen LogP contribution in [0.2, 0.25) is 5.02 Å². The monoisotopic (exact) mass is 434 g/mol. The lowest BCUT2D eigenvalue weighted by Crippen LogP contribution is -2.17. The van der Waals surface area contributed by atoms with E-state index in [2.05, 4.69) is 15.5 Å². The Morgan fingerprint density at radius 2 is 2.03 bits per heavy atom. The summed E-state index contributed by atoms with van der Waals surface area (Å²) in [6.45, 7) is 0. The topological polar surface area (TPSA) is 138 Å². The first kappa shape index (κ1) is 20.4. The highest BCUT2D eigenvalue weighted by Gasteiger charge is 2.16. The van der Waals surface area contributed by atoms with Crippen molar-refractivity contribution >= 4 is 40.6 Å². The third-order valence-corrected chi connectivity index (χ3v) is 4.96. The molecule has 150 valence electrons. The van der Waals surface area contributed by atoms with Gasteiger partial charge in [-0.25, -0.2) is 4.68 Å². The number of nitrogens with one attached hydrogen (secondary N) is 1. The molecule has 29 heavy (non-hydrogen) atoms. The molecule has 3 rings (SSSR count). The predicted molar refractivity (Wildman–Crippen MR) is 110 cm³/mol. The Balaban J connectivity index is 1.68. The van der Waals surface area contributed by atoms with E-state index in [4.69, 9.17) is 22.2 Å². The maximum atomic E-state index is 12.3. The van der Waals surface area contributed by atoms with Crippen molar-refractivity contribution in [2.45, 2.75) is 5.16 Å². The second-order valence-corrected chi connectivity index (χ2v) is 7.04. The minimum absolute atomic E-state index is 0.0399. The number of thioether (sulfide) groups is 1. The summed E-state index contributed by atoms with van der Waals surface area (Å²) in [5, 5.41) is 22.5. The lowest BCUT2D eigenvalue weighted by atomic mass is 10.2. The molecule has 0 unspecified atom stereocenters. The van der Waals surface area contributed by atoms with Gasteiger partial charge in [0, 0.05) is 22.7 Å². The predicted octanol–water partition coefficient (Wildman–Crippen LogP) is 2.96. The Bertz CT molecular complexity index is 1060. The van der Waals surface area contributed by atoms with Crippen molar-refractivity contribution in [1.82, 2.24) is 14.9 Å². The maximum Gasteiger partial charge on any atom is 0.271 e. The number of nitro benzene ring substituents is 1. The summed E-state index contributed by atoms with van der Waals surface area (Å²) in [4.78, 5) is 22.7. The molecule has 0 bridgehead atoms. The summed E-state index contributed by atoms with van der Waals surface area (Å²) >= 11 is 6.94. The number of amides is 1. The lowest BCUT2D eigenvalue weighted by molar-refractivity contribution is -0.384. The zero-order valence-corrected chi connectivity index (χ0v) is 16.6. The van der Waals surface area contributed by atoms with Crippen molar-refractivity contribution in [2.75, 3.05) is 24.0 Å². The minimum Gasteiger partial charge on any atom is -0.495 e. The molecule has 0 spiro atoms. The number of nitro groups is 1. The Morgan fingerprint density at radius 1 is 1.31 bits per heavy atom. The van der Waals surface area contributed by atoms with E-state index >= 15 is 0 Å². The molecule has 0 aliphatic heterocycles.